The van der Waals surface area contributed by atoms with Gasteiger partial charge in [0.1, 0.15) is 0 Å². The van der Waals surface area contributed by atoms with Gasteiger partial charge in [-0.05, 0) is 62.6 Å². The number of benzene rings is 3. The average Bonchev–Trinajstić information content (AvgIpc) is 2.65. The quantitative estimate of drug-likeness (QED) is 0.348. The Balaban J connectivity index is 2.25. The molecule has 1 heterocycles. The van der Waals surface area contributed by atoms with Gasteiger partial charge in [0.05, 0.1) is 9.99 Å². The van der Waals surface area contributed by atoms with Crippen LogP contribution in [0.15, 0.2) is 59.2 Å². The molecule has 25 heavy (non-hydrogen) atoms. The molecule has 0 saturated heterocycles. The molecular formula is C21H18BrN3. The van der Waals surface area contributed by atoms with Crippen molar-refractivity contribution >= 4 is 49.0 Å². The number of nitrogens with two attached hydrogens (primary N) is 2. The summed E-state index contributed by atoms with van der Waals surface area (Å²) < 4.78 is 0.877. The van der Waals surface area contributed by atoms with Gasteiger partial charge in [0, 0.05) is 28.3 Å². The van der Waals surface area contributed by atoms with Crippen molar-refractivity contribution in [3.63, 3.8) is 0 Å². The molecule has 0 aliphatic carbocycles. The minimum atomic E-state index is 0.701. The predicted molar refractivity (Wildman–Crippen MR) is 111 cm³/mol. The molecule has 0 aliphatic heterocycles. The fourth-order valence-corrected chi connectivity index (χ4v) is 4.02. The lowest BCUT2D eigenvalue weighted by Gasteiger charge is -2.17. The van der Waals surface area contributed by atoms with Crippen LogP contribution in [0.1, 0.15) is 12.5 Å². The molecule has 4 aromatic rings. The molecule has 0 atom stereocenters. The van der Waals surface area contributed by atoms with Gasteiger partial charge in [-0.1, -0.05) is 37.3 Å². The molecule has 0 saturated carbocycles. The van der Waals surface area contributed by atoms with Crippen molar-refractivity contribution in [2.75, 3.05) is 11.5 Å². The van der Waals surface area contributed by atoms with E-state index in [4.69, 9.17) is 11.5 Å². The first-order valence-corrected chi connectivity index (χ1v) is 9.04. The molecule has 0 radical (unpaired) electrons. The normalized spacial score (nSPS) is 11.3. The number of aryl methyl sites for hydroxylation is 1. The first kappa shape index (κ1) is 15.9. The largest absolute Gasteiger partial charge is 0.398 e. The van der Waals surface area contributed by atoms with Gasteiger partial charge in [-0.3, -0.25) is 4.98 Å². The van der Waals surface area contributed by atoms with E-state index in [9.17, 15) is 0 Å². The Kier molecular flexibility index (Phi) is 3.85. The highest BCUT2D eigenvalue weighted by molar-refractivity contribution is 9.10. The van der Waals surface area contributed by atoms with E-state index in [0.717, 1.165) is 49.4 Å². The van der Waals surface area contributed by atoms with E-state index >= 15 is 0 Å². The molecule has 0 unspecified atom stereocenters. The maximum atomic E-state index is 6.41. The number of aromatic nitrogens is 1. The van der Waals surface area contributed by atoms with Crippen LogP contribution in [0, 0.1) is 0 Å². The van der Waals surface area contributed by atoms with E-state index in [1.165, 1.54) is 5.56 Å². The van der Waals surface area contributed by atoms with Crippen molar-refractivity contribution in [2.24, 2.45) is 0 Å². The number of hydrogen-bond donors (Lipinski definition) is 2. The molecule has 0 spiro atoms. The summed E-state index contributed by atoms with van der Waals surface area (Å²) in [4.78, 5) is 4.58. The molecule has 4 N–H and O–H groups in total. The van der Waals surface area contributed by atoms with Gasteiger partial charge in [-0.15, -0.1) is 0 Å². The van der Waals surface area contributed by atoms with Crippen molar-refractivity contribution in [1.82, 2.24) is 4.98 Å². The SMILES string of the molecule is CCc1c(-c2ccccc2)cc(N)c2cnc3ccc(N)c(Br)c3c12. The van der Waals surface area contributed by atoms with Crippen LogP contribution in [0.4, 0.5) is 11.4 Å². The van der Waals surface area contributed by atoms with Crippen LogP contribution in [0.2, 0.25) is 0 Å². The lowest BCUT2D eigenvalue weighted by atomic mass is 9.90. The fraction of sp³-hybridized carbons (Fsp3) is 0.0952. The Morgan fingerprint density at radius 2 is 1.72 bits per heavy atom. The monoisotopic (exact) mass is 391 g/mol. The Morgan fingerprint density at radius 3 is 2.44 bits per heavy atom. The second-order valence-electron chi connectivity index (χ2n) is 6.12. The second-order valence-corrected chi connectivity index (χ2v) is 6.91. The van der Waals surface area contributed by atoms with Crippen LogP contribution in [0.5, 0.6) is 0 Å². The highest BCUT2D eigenvalue weighted by Crippen LogP contribution is 2.41. The van der Waals surface area contributed by atoms with Crippen LogP contribution in [-0.4, -0.2) is 4.98 Å². The minimum Gasteiger partial charge on any atom is -0.398 e. The highest BCUT2D eigenvalue weighted by atomic mass is 79.9. The molecular weight excluding hydrogens is 374 g/mol. The first-order valence-electron chi connectivity index (χ1n) is 8.25. The van der Waals surface area contributed by atoms with E-state index in [-0.39, 0.29) is 0 Å². The lowest BCUT2D eigenvalue weighted by molar-refractivity contribution is 1.16. The minimum absolute atomic E-state index is 0.701. The number of anilines is 2. The van der Waals surface area contributed by atoms with Crippen molar-refractivity contribution < 1.29 is 0 Å². The number of hydrogen-bond acceptors (Lipinski definition) is 3. The Bertz CT molecular complexity index is 1100. The van der Waals surface area contributed by atoms with Gasteiger partial charge < -0.3 is 11.5 Å². The van der Waals surface area contributed by atoms with E-state index < -0.39 is 0 Å². The van der Waals surface area contributed by atoms with Gasteiger partial charge in [0.25, 0.3) is 0 Å². The van der Waals surface area contributed by atoms with Crippen molar-refractivity contribution in [3.05, 3.63) is 64.8 Å². The number of pyridine rings is 1. The van der Waals surface area contributed by atoms with Crippen molar-refractivity contribution in [1.29, 1.82) is 0 Å². The smallest absolute Gasteiger partial charge is 0.0721 e. The number of nitrogens with zero attached hydrogens (tertiary/aromatic N) is 1. The molecule has 124 valence electrons. The molecule has 0 fully saturated rings. The second kappa shape index (κ2) is 6.05. The molecule has 3 aromatic carbocycles. The summed E-state index contributed by atoms with van der Waals surface area (Å²) in [7, 11) is 0. The molecule has 3 nitrogen and oxygen atoms in total. The van der Waals surface area contributed by atoms with Gasteiger partial charge in [0.2, 0.25) is 0 Å². The van der Waals surface area contributed by atoms with E-state index in [1.807, 2.05) is 36.5 Å². The Labute approximate surface area is 154 Å². The van der Waals surface area contributed by atoms with Gasteiger partial charge in [-0.25, -0.2) is 0 Å². The zero-order chi connectivity index (χ0) is 17.6. The molecule has 4 rings (SSSR count). The molecule has 4 heteroatoms. The maximum Gasteiger partial charge on any atom is 0.0721 e. The third kappa shape index (κ3) is 2.45. The third-order valence-corrected chi connectivity index (χ3v) is 5.53. The van der Waals surface area contributed by atoms with E-state index in [0.29, 0.717) is 5.69 Å². The van der Waals surface area contributed by atoms with Crippen LogP contribution in [0.3, 0.4) is 0 Å². The summed E-state index contributed by atoms with van der Waals surface area (Å²) >= 11 is 3.66. The predicted octanol–water partition coefficient (Wildman–Crippen LogP) is 5.54. The fourth-order valence-electron chi connectivity index (χ4n) is 3.49. The summed E-state index contributed by atoms with van der Waals surface area (Å²) in [5.41, 5.74) is 18.5. The van der Waals surface area contributed by atoms with Gasteiger partial charge in [-0.2, -0.15) is 0 Å². The summed E-state index contributed by atoms with van der Waals surface area (Å²) in [5, 5.41) is 3.12. The number of fused-ring (bicyclic) bond motifs is 3. The Morgan fingerprint density at radius 1 is 0.960 bits per heavy atom. The molecule has 1 aromatic heterocycles. The van der Waals surface area contributed by atoms with Crippen LogP contribution in [-0.2, 0) is 6.42 Å². The standard InChI is InChI=1S/C21H18BrN3/c1-2-13-14(12-6-4-3-5-7-12)10-17(24)15-11-25-18-9-8-16(23)21(22)20(18)19(13)15/h3-11H,2,23-24H2,1H3. The zero-order valence-electron chi connectivity index (χ0n) is 13.9. The summed E-state index contributed by atoms with van der Waals surface area (Å²) in [6, 6.07) is 16.3. The van der Waals surface area contributed by atoms with Crippen LogP contribution >= 0.6 is 15.9 Å². The average molecular weight is 392 g/mol. The van der Waals surface area contributed by atoms with Crippen molar-refractivity contribution in [3.8, 4) is 11.1 Å². The lowest BCUT2D eigenvalue weighted by Crippen LogP contribution is -1.98. The topological polar surface area (TPSA) is 64.9 Å². The third-order valence-electron chi connectivity index (χ3n) is 4.68. The van der Waals surface area contributed by atoms with Crippen LogP contribution in [0.25, 0.3) is 32.8 Å². The number of nitrogen functional groups attached to an aromatic ring is 2. The highest BCUT2D eigenvalue weighted by Gasteiger charge is 2.16. The van der Waals surface area contributed by atoms with Gasteiger partial charge >= 0.3 is 0 Å². The summed E-state index contributed by atoms with van der Waals surface area (Å²) in [6.07, 6.45) is 2.75. The summed E-state index contributed by atoms with van der Waals surface area (Å²) in [6.45, 7) is 2.17. The zero-order valence-corrected chi connectivity index (χ0v) is 15.5. The van der Waals surface area contributed by atoms with Crippen LogP contribution < -0.4 is 11.5 Å². The molecule has 0 bridgehead atoms. The molecule has 0 aliphatic rings. The molecule has 0 amide bonds. The number of rotatable bonds is 2. The first-order chi connectivity index (χ1) is 12.1. The number of halogens is 1. The Hall–Kier alpha value is -2.59. The van der Waals surface area contributed by atoms with Gasteiger partial charge in [0.15, 0.2) is 0 Å². The summed E-state index contributed by atoms with van der Waals surface area (Å²) in [5.74, 6) is 0. The van der Waals surface area contributed by atoms with E-state index in [1.54, 1.807) is 0 Å². The maximum absolute atomic E-state index is 6.41. The van der Waals surface area contributed by atoms with Crippen molar-refractivity contribution in [2.45, 2.75) is 13.3 Å². The van der Waals surface area contributed by atoms with E-state index in [2.05, 4.69) is 46.0 Å².